The van der Waals surface area contributed by atoms with Crippen molar-refractivity contribution in [3.63, 3.8) is 0 Å². The summed E-state index contributed by atoms with van der Waals surface area (Å²) in [7, 11) is 0. The van der Waals surface area contributed by atoms with E-state index in [1.54, 1.807) is 0 Å². The highest BCUT2D eigenvalue weighted by molar-refractivity contribution is 6.75. The number of rotatable bonds is 2. The summed E-state index contributed by atoms with van der Waals surface area (Å²) in [5.74, 6) is -1.71. The normalized spacial score (nSPS) is 20.9. The second-order valence-electron chi connectivity index (χ2n) is 2.61. The number of carbonyl (C=O) groups is 3. The minimum Gasteiger partial charge on any atom is -0.460 e. The SMILES string of the molecule is O=C1NC(=O)C(COC(=O)C(Cl)(Cl)Cl)N1. The number of esters is 1. The van der Waals surface area contributed by atoms with Gasteiger partial charge in [0.2, 0.25) is 0 Å². The number of hydrogen-bond donors (Lipinski definition) is 2. The van der Waals surface area contributed by atoms with Gasteiger partial charge in [-0.25, -0.2) is 9.59 Å². The summed E-state index contributed by atoms with van der Waals surface area (Å²) in [5.41, 5.74) is 0. The van der Waals surface area contributed by atoms with Crippen LogP contribution in [0, 0.1) is 0 Å². The van der Waals surface area contributed by atoms with E-state index < -0.39 is 27.7 Å². The lowest BCUT2D eigenvalue weighted by atomic mass is 10.3. The fourth-order valence-electron chi connectivity index (χ4n) is 0.817. The van der Waals surface area contributed by atoms with Crippen molar-refractivity contribution in [2.24, 2.45) is 0 Å². The van der Waals surface area contributed by atoms with Crippen molar-refractivity contribution in [2.45, 2.75) is 9.83 Å². The standard InChI is InChI=1S/C6H5Cl3N2O4/c7-6(8,9)4(13)15-1-2-3(12)11-5(14)10-2/h2H,1H2,(H2,10,11,12,14). The third-order valence-corrected chi connectivity index (χ3v) is 1.93. The minimum absolute atomic E-state index is 0.385. The molecular formula is C6H5Cl3N2O4. The van der Waals surface area contributed by atoms with Gasteiger partial charge in [-0.2, -0.15) is 0 Å². The van der Waals surface area contributed by atoms with Gasteiger partial charge in [0, 0.05) is 0 Å². The molecule has 6 nitrogen and oxygen atoms in total. The van der Waals surface area contributed by atoms with Gasteiger partial charge in [-0.15, -0.1) is 0 Å². The van der Waals surface area contributed by atoms with Gasteiger partial charge < -0.3 is 10.1 Å². The number of urea groups is 1. The van der Waals surface area contributed by atoms with E-state index in [0.29, 0.717) is 0 Å². The average molecular weight is 275 g/mol. The summed E-state index contributed by atoms with van der Waals surface area (Å²) < 4.78 is 2.30. The molecule has 0 aromatic rings. The van der Waals surface area contributed by atoms with Crippen molar-refractivity contribution in [1.29, 1.82) is 0 Å². The van der Waals surface area contributed by atoms with Crippen LogP contribution in [0.1, 0.15) is 0 Å². The first kappa shape index (κ1) is 12.4. The first-order valence-electron chi connectivity index (χ1n) is 3.66. The molecular weight excluding hydrogens is 270 g/mol. The van der Waals surface area contributed by atoms with Crippen molar-refractivity contribution in [2.75, 3.05) is 6.61 Å². The summed E-state index contributed by atoms with van der Waals surface area (Å²) in [6, 6.07) is -1.61. The number of ether oxygens (including phenoxy) is 1. The van der Waals surface area contributed by atoms with E-state index in [9.17, 15) is 14.4 Å². The molecule has 3 amide bonds. The van der Waals surface area contributed by atoms with Crippen molar-refractivity contribution < 1.29 is 19.1 Å². The highest BCUT2D eigenvalue weighted by Crippen LogP contribution is 2.27. The Morgan fingerprint density at radius 2 is 2.00 bits per heavy atom. The Morgan fingerprint density at radius 1 is 1.40 bits per heavy atom. The smallest absolute Gasteiger partial charge is 0.358 e. The van der Waals surface area contributed by atoms with Crippen molar-refractivity contribution >= 4 is 52.7 Å². The topological polar surface area (TPSA) is 84.5 Å². The molecule has 2 N–H and O–H groups in total. The molecule has 15 heavy (non-hydrogen) atoms. The Kier molecular flexibility index (Phi) is 3.64. The van der Waals surface area contributed by atoms with Crippen LogP contribution in [0.4, 0.5) is 4.79 Å². The van der Waals surface area contributed by atoms with Gasteiger partial charge in [-0.3, -0.25) is 10.1 Å². The lowest BCUT2D eigenvalue weighted by Crippen LogP contribution is -2.36. The fourth-order valence-corrected chi connectivity index (χ4v) is 0.981. The van der Waals surface area contributed by atoms with Crippen LogP contribution in [0.15, 0.2) is 0 Å². The molecule has 1 fully saturated rings. The minimum atomic E-state index is -2.20. The summed E-state index contributed by atoms with van der Waals surface area (Å²) in [6.45, 7) is -0.385. The van der Waals surface area contributed by atoms with Crippen LogP contribution in [0.3, 0.4) is 0 Å². The second-order valence-corrected chi connectivity index (χ2v) is 4.89. The molecule has 0 radical (unpaired) electrons. The number of imide groups is 1. The van der Waals surface area contributed by atoms with Crippen molar-refractivity contribution in [3.05, 3.63) is 0 Å². The molecule has 0 bridgehead atoms. The number of carbonyl (C=O) groups excluding carboxylic acids is 3. The number of alkyl halides is 3. The quantitative estimate of drug-likeness (QED) is 0.425. The molecule has 0 aromatic carbocycles. The van der Waals surface area contributed by atoms with Crippen LogP contribution >= 0.6 is 34.8 Å². The van der Waals surface area contributed by atoms with Crippen LogP contribution in [0.2, 0.25) is 0 Å². The molecule has 1 heterocycles. The third kappa shape index (κ3) is 3.40. The van der Waals surface area contributed by atoms with Gasteiger partial charge in [0.15, 0.2) is 0 Å². The second kappa shape index (κ2) is 4.42. The van der Waals surface area contributed by atoms with E-state index in [2.05, 4.69) is 10.1 Å². The summed E-state index contributed by atoms with van der Waals surface area (Å²) >= 11 is 15.6. The Balaban J connectivity index is 2.42. The molecule has 9 heteroatoms. The van der Waals surface area contributed by atoms with E-state index in [1.807, 2.05) is 5.32 Å². The van der Waals surface area contributed by atoms with Gasteiger partial charge in [-0.1, -0.05) is 34.8 Å². The Labute approximate surface area is 99.2 Å². The van der Waals surface area contributed by atoms with Crippen LogP contribution < -0.4 is 10.6 Å². The maximum Gasteiger partial charge on any atom is 0.358 e. The maximum absolute atomic E-state index is 11.0. The highest BCUT2D eigenvalue weighted by Gasteiger charge is 2.36. The molecule has 84 valence electrons. The van der Waals surface area contributed by atoms with Crippen LogP contribution in [0.25, 0.3) is 0 Å². The Bertz CT molecular complexity index is 314. The number of nitrogens with one attached hydrogen (secondary N) is 2. The number of amides is 3. The van der Waals surface area contributed by atoms with Gasteiger partial charge in [0.05, 0.1) is 0 Å². The first-order chi connectivity index (χ1) is 6.80. The van der Waals surface area contributed by atoms with E-state index >= 15 is 0 Å². The Morgan fingerprint density at radius 3 is 2.40 bits per heavy atom. The molecule has 1 rings (SSSR count). The molecule has 1 aliphatic rings. The fraction of sp³-hybridized carbons (Fsp3) is 0.500. The molecule has 1 unspecified atom stereocenters. The van der Waals surface area contributed by atoms with Gasteiger partial charge >= 0.3 is 12.0 Å². The molecule has 0 aliphatic carbocycles. The lowest BCUT2D eigenvalue weighted by Gasteiger charge is -2.12. The predicted octanol–water partition coefficient (Wildman–Crippen LogP) is 0.108. The van der Waals surface area contributed by atoms with Gasteiger partial charge in [0.1, 0.15) is 12.6 Å². The zero-order valence-corrected chi connectivity index (χ0v) is 9.32. The van der Waals surface area contributed by atoms with Crippen molar-refractivity contribution in [3.8, 4) is 0 Å². The van der Waals surface area contributed by atoms with Crippen LogP contribution in [-0.4, -0.2) is 34.3 Å². The van der Waals surface area contributed by atoms with E-state index in [0.717, 1.165) is 0 Å². The molecule has 0 spiro atoms. The number of hydrogen-bond acceptors (Lipinski definition) is 4. The first-order valence-corrected chi connectivity index (χ1v) is 4.79. The summed E-state index contributed by atoms with van der Waals surface area (Å²) in [5, 5.41) is 4.15. The summed E-state index contributed by atoms with van der Waals surface area (Å²) in [6.07, 6.45) is 0. The average Bonchev–Trinajstić information content (AvgIpc) is 2.39. The number of halogens is 3. The maximum atomic E-state index is 11.0. The zero-order valence-electron chi connectivity index (χ0n) is 7.05. The Hall–Kier alpha value is -0.720. The molecule has 1 aliphatic heterocycles. The lowest BCUT2D eigenvalue weighted by molar-refractivity contribution is -0.143. The van der Waals surface area contributed by atoms with E-state index in [1.165, 1.54) is 0 Å². The van der Waals surface area contributed by atoms with E-state index in [4.69, 9.17) is 34.8 Å². The van der Waals surface area contributed by atoms with E-state index in [-0.39, 0.29) is 6.61 Å². The molecule has 0 saturated carbocycles. The van der Waals surface area contributed by atoms with Gasteiger partial charge in [-0.05, 0) is 0 Å². The monoisotopic (exact) mass is 274 g/mol. The molecule has 0 aromatic heterocycles. The highest BCUT2D eigenvalue weighted by atomic mass is 35.6. The third-order valence-electron chi connectivity index (χ3n) is 1.47. The van der Waals surface area contributed by atoms with Gasteiger partial charge in [0.25, 0.3) is 9.70 Å². The zero-order chi connectivity index (χ0) is 11.6. The largest absolute Gasteiger partial charge is 0.460 e. The van der Waals surface area contributed by atoms with Crippen molar-refractivity contribution in [1.82, 2.24) is 10.6 Å². The molecule has 1 atom stereocenters. The predicted molar refractivity (Wildman–Crippen MR) is 51.7 cm³/mol. The molecule has 1 saturated heterocycles. The van der Waals surface area contributed by atoms with Crippen LogP contribution in [0.5, 0.6) is 0 Å². The van der Waals surface area contributed by atoms with Crippen LogP contribution in [-0.2, 0) is 14.3 Å². The summed E-state index contributed by atoms with van der Waals surface area (Å²) in [4.78, 5) is 32.6.